The Balaban J connectivity index is 1.38. The molecule has 0 aliphatic carbocycles. The second-order valence-electron chi connectivity index (χ2n) is 7.12. The second-order valence-corrected chi connectivity index (χ2v) is 7.12. The SMILES string of the molecule is NC(=Nc1cc(CCc2cccc(C(=O)c3ccccc3)c2)no1)N1CCOCC1. The molecule has 30 heavy (non-hydrogen) atoms. The summed E-state index contributed by atoms with van der Waals surface area (Å²) in [6, 6.07) is 18.8. The average molecular weight is 404 g/mol. The van der Waals surface area contributed by atoms with Crippen LogP contribution in [0.1, 0.15) is 27.2 Å². The van der Waals surface area contributed by atoms with Crippen molar-refractivity contribution in [3.8, 4) is 0 Å². The van der Waals surface area contributed by atoms with E-state index in [4.69, 9.17) is 15.0 Å². The largest absolute Gasteiger partial charge is 0.378 e. The maximum absolute atomic E-state index is 12.6. The first kappa shape index (κ1) is 19.8. The molecule has 1 saturated heterocycles. The standard InChI is InChI=1S/C23H24N4O3/c24-23(27-11-13-29-14-12-27)25-21-16-20(26-30-21)10-9-17-5-4-8-19(15-17)22(28)18-6-2-1-3-7-18/h1-8,15-16H,9-14H2,(H2,24,25). The highest BCUT2D eigenvalue weighted by atomic mass is 16.5. The Bertz CT molecular complexity index is 1020. The van der Waals surface area contributed by atoms with Gasteiger partial charge in [-0.2, -0.15) is 4.99 Å². The van der Waals surface area contributed by atoms with Gasteiger partial charge in [0.25, 0.3) is 5.88 Å². The number of carbonyl (C=O) groups excluding carboxylic acids is 1. The lowest BCUT2D eigenvalue weighted by molar-refractivity contribution is 0.0675. The van der Waals surface area contributed by atoms with E-state index >= 15 is 0 Å². The van der Waals surface area contributed by atoms with Gasteiger partial charge in [-0.3, -0.25) is 4.79 Å². The van der Waals surface area contributed by atoms with E-state index in [1.807, 2.05) is 59.5 Å². The number of nitrogens with zero attached hydrogens (tertiary/aromatic N) is 3. The van der Waals surface area contributed by atoms with Gasteiger partial charge in [-0.25, -0.2) is 0 Å². The molecule has 7 heteroatoms. The van der Waals surface area contributed by atoms with Crippen molar-refractivity contribution in [2.75, 3.05) is 26.3 Å². The van der Waals surface area contributed by atoms with E-state index in [0.717, 1.165) is 17.7 Å². The Morgan fingerprint density at radius 1 is 1.00 bits per heavy atom. The molecule has 0 saturated carbocycles. The van der Waals surface area contributed by atoms with Crippen molar-refractivity contribution in [3.05, 3.63) is 83.0 Å². The molecular formula is C23H24N4O3. The van der Waals surface area contributed by atoms with Crippen molar-refractivity contribution in [1.82, 2.24) is 10.1 Å². The van der Waals surface area contributed by atoms with Crippen LogP contribution in [0.5, 0.6) is 0 Å². The van der Waals surface area contributed by atoms with Gasteiger partial charge in [0.15, 0.2) is 11.7 Å². The zero-order valence-electron chi connectivity index (χ0n) is 16.7. The Labute approximate surface area is 175 Å². The maximum atomic E-state index is 12.6. The quantitative estimate of drug-likeness (QED) is 0.386. The molecule has 0 radical (unpaired) electrons. The van der Waals surface area contributed by atoms with Gasteiger partial charge in [0.05, 0.1) is 18.9 Å². The van der Waals surface area contributed by atoms with Gasteiger partial charge in [0, 0.05) is 30.3 Å². The second kappa shape index (κ2) is 9.37. The van der Waals surface area contributed by atoms with Gasteiger partial charge in [0.2, 0.25) is 0 Å². The fourth-order valence-electron chi connectivity index (χ4n) is 3.34. The zero-order valence-corrected chi connectivity index (χ0v) is 16.7. The first-order valence-electron chi connectivity index (χ1n) is 10.0. The number of rotatable bonds is 6. The van der Waals surface area contributed by atoms with Gasteiger partial charge in [-0.1, -0.05) is 53.7 Å². The highest BCUT2D eigenvalue weighted by molar-refractivity contribution is 6.09. The van der Waals surface area contributed by atoms with Crippen LogP contribution in [0, 0.1) is 0 Å². The first-order valence-corrected chi connectivity index (χ1v) is 10.0. The molecule has 1 aromatic heterocycles. The van der Waals surface area contributed by atoms with E-state index < -0.39 is 0 Å². The molecule has 2 N–H and O–H groups in total. The van der Waals surface area contributed by atoms with Crippen LogP contribution < -0.4 is 5.73 Å². The number of aryl methyl sites for hydroxylation is 2. The van der Waals surface area contributed by atoms with Crippen LogP contribution in [-0.4, -0.2) is 48.1 Å². The number of aliphatic imine (C=N–C) groups is 1. The molecule has 3 aromatic rings. The van der Waals surface area contributed by atoms with Crippen LogP contribution in [0.15, 0.2) is 70.2 Å². The Morgan fingerprint density at radius 3 is 2.57 bits per heavy atom. The normalized spacial score (nSPS) is 14.7. The van der Waals surface area contributed by atoms with E-state index in [0.29, 0.717) is 55.7 Å². The number of carbonyl (C=O) groups is 1. The summed E-state index contributed by atoms with van der Waals surface area (Å²) < 4.78 is 10.6. The number of ether oxygens (including phenoxy) is 1. The number of hydrogen-bond acceptors (Lipinski definition) is 5. The first-order chi connectivity index (χ1) is 14.7. The van der Waals surface area contributed by atoms with E-state index in [-0.39, 0.29) is 5.78 Å². The van der Waals surface area contributed by atoms with Gasteiger partial charge >= 0.3 is 0 Å². The molecule has 0 bridgehead atoms. The zero-order chi connectivity index (χ0) is 20.8. The molecule has 0 atom stereocenters. The van der Waals surface area contributed by atoms with Crippen molar-refractivity contribution in [3.63, 3.8) is 0 Å². The van der Waals surface area contributed by atoms with E-state index in [1.165, 1.54) is 0 Å². The van der Waals surface area contributed by atoms with Gasteiger partial charge < -0.3 is 19.9 Å². The summed E-state index contributed by atoms with van der Waals surface area (Å²) in [5.74, 6) is 0.823. The molecule has 0 spiro atoms. The summed E-state index contributed by atoms with van der Waals surface area (Å²) in [4.78, 5) is 18.9. The van der Waals surface area contributed by atoms with Gasteiger partial charge in [0.1, 0.15) is 0 Å². The van der Waals surface area contributed by atoms with Crippen LogP contribution >= 0.6 is 0 Å². The fourth-order valence-corrected chi connectivity index (χ4v) is 3.34. The Morgan fingerprint density at radius 2 is 1.77 bits per heavy atom. The van der Waals surface area contributed by atoms with E-state index in [2.05, 4.69) is 10.1 Å². The van der Waals surface area contributed by atoms with Crippen molar-refractivity contribution >= 4 is 17.6 Å². The summed E-state index contributed by atoms with van der Waals surface area (Å²) in [5.41, 5.74) is 9.28. The number of guanidine groups is 1. The summed E-state index contributed by atoms with van der Waals surface area (Å²) in [6.45, 7) is 2.72. The van der Waals surface area contributed by atoms with Gasteiger partial charge in [-0.15, -0.1) is 0 Å². The Hall–Kier alpha value is -3.45. The third-order valence-electron chi connectivity index (χ3n) is 5.00. The molecule has 4 rings (SSSR count). The number of morpholine rings is 1. The highest BCUT2D eigenvalue weighted by Crippen LogP contribution is 2.17. The summed E-state index contributed by atoms with van der Waals surface area (Å²) >= 11 is 0. The molecule has 1 aliphatic rings. The van der Waals surface area contributed by atoms with Gasteiger partial charge in [-0.05, 0) is 24.5 Å². The molecule has 7 nitrogen and oxygen atoms in total. The fraction of sp³-hybridized carbons (Fsp3) is 0.261. The van der Waals surface area contributed by atoms with Crippen molar-refractivity contribution in [2.45, 2.75) is 12.8 Å². The van der Waals surface area contributed by atoms with Crippen LogP contribution in [0.2, 0.25) is 0 Å². The third kappa shape index (κ3) is 4.93. The minimum absolute atomic E-state index is 0.0223. The highest BCUT2D eigenvalue weighted by Gasteiger charge is 2.14. The predicted molar refractivity (Wildman–Crippen MR) is 114 cm³/mol. The van der Waals surface area contributed by atoms with Crippen molar-refractivity contribution < 1.29 is 14.1 Å². The molecule has 2 heterocycles. The monoisotopic (exact) mass is 404 g/mol. The topological polar surface area (TPSA) is 94.0 Å². The molecule has 154 valence electrons. The minimum Gasteiger partial charge on any atom is -0.378 e. The van der Waals surface area contributed by atoms with Crippen LogP contribution in [-0.2, 0) is 17.6 Å². The summed E-state index contributed by atoms with van der Waals surface area (Å²) in [7, 11) is 0. The average Bonchev–Trinajstić information content (AvgIpc) is 3.26. The van der Waals surface area contributed by atoms with E-state index in [1.54, 1.807) is 6.07 Å². The maximum Gasteiger partial charge on any atom is 0.253 e. The lowest BCUT2D eigenvalue weighted by Gasteiger charge is -2.27. The number of benzene rings is 2. The number of nitrogens with two attached hydrogens (primary N) is 1. The molecule has 0 unspecified atom stereocenters. The number of aromatic nitrogens is 1. The molecular weight excluding hydrogens is 380 g/mol. The molecule has 2 aromatic carbocycles. The molecule has 1 fully saturated rings. The van der Waals surface area contributed by atoms with Crippen LogP contribution in [0.4, 0.5) is 5.88 Å². The molecule has 1 aliphatic heterocycles. The van der Waals surface area contributed by atoms with Crippen LogP contribution in [0.3, 0.4) is 0 Å². The van der Waals surface area contributed by atoms with E-state index in [9.17, 15) is 4.79 Å². The smallest absolute Gasteiger partial charge is 0.253 e. The number of hydrogen-bond donors (Lipinski definition) is 1. The lowest BCUT2D eigenvalue weighted by atomic mass is 9.99. The number of ketones is 1. The third-order valence-corrected chi connectivity index (χ3v) is 5.00. The summed E-state index contributed by atoms with van der Waals surface area (Å²) in [6.07, 6.45) is 1.42. The Kier molecular flexibility index (Phi) is 6.20. The predicted octanol–water partition coefficient (Wildman–Crippen LogP) is 2.97. The minimum atomic E-state index is 0.0223. The van der Waals surface area contributed by atoms with Crippen molar-refractivity contribution in [1.29, 1.82) is 0 Å². The summed E-state index contributed by atoms with van der Waals surface area (Å²) in [5, 5.41) is 4.09. The lowest BCUT2D eigenvalue weighted by Crippen LogP contribution is -2.44. The molecule has 0 amide bonds. The van der Waals surface area contributed by atoms with Crippen LogP contribution in [0.25, 0.3) is 0 Å². The van der Waals surface area contributed by atoms with Crippen molar-refractivity contribution in [2.24, 2.45) is 10.7 Å².